The molecule has 0 spiro atoms. The number of fused-ring (bicyclic) bond motifs is 1. The third-order valence-corrected chi connectivity index (χ3v) is 4.83. The Morgan fingerprint density at radius 2 is 1.37 bits per heavy atom. The molecule has 0 aliphatic carbocycles. The summed E-state index contributed by atoms with van der Waals surface area (Å²) in [5.41, 5.74) is 0. The molecule has 0 heterocycles. The number of aromatic hydroxyl groups is 1. The van der Waals surface area contributed by atoms with Gasteiger partial charge in [-0.1, -0.05) is 36.4 Å². The minimum Gasteiger partial charge on any atom is -0.508 e. The quantitative estimate of drug-likeness (QED) is 0.725. The summed E-state index contributed by atoms with van der Waals surface area (Å²) in [5, 5.41) is 13.1. The minimum atomic E-state index is -2.01. The molecule has 0 fully saturated rings. The van der Waals surface area contributed by atoms with Crippen molar-refractivity contribution in [2.45, 2.75) is 0 Å². The fraction of sp³-hybridized carbons (Fsp3) is 0. The van der Waals surface area contributed by atoms with Crippen molar-refractivity contribution in [3.05, 3.63) is 66.7 Å². The van der Waals surface area contributed by atoms with E-state index in [0.717, 1.165) is 21.4 Å². The summed E-state index contributed by atoms with van der Waals surface area (Å²) < 4.78 is 12.5. The Kier molecular flexibility index (Phi) is 3.10. The predicted octanol–water partition coefficient (Wildman–Crippen LogP) is 3.06. The number of phenolic OH excluding ortho intramolecular Hbond substituents is 1. The second-order valence-electron chi connectivity index (χ2n) is 4.44. The van der Waals surface area contributed by atoms with Crippen LogP contribution in [-0.2, 0) is 4.57 Å². The number of phenols is 1. The molecular weight excluding hydrogens is 255 g/mol. The molecule has 0 saturated carbocycles. The molecule has 0 bridgehead atoms. The summed E-state index contributed by atoms with van der Waals surface area (Å²) in [5.74, 6) is 0.192. The maximum atomic E-state index is 12.5. The third kappa shape index (κ3) is 2.40. The molecular formula is C16H13O2P. The molecule has 19 heavy (non-hydrogen) atoms. The summed E-state index contributed by atoms with van der Waals surface area (Å²) >= 11 is 0. The lowest BCUT2D eigenvalue weighted by Crippen LogP contribution is -2.05. The highest BCUT2D eigenvalue weighted by Gasteiger charge is 2.07. The Balaban J connectivity index is 2.04. The van der Waals surface area contributed by atoms with Crippen LogP contribution in [-0.4, -0.2) is 5.11 Å². The summed E-state index contributed by atoms with van der Waals surface area (Å²) in [6.45, 7) is 0. The van der Waals surface area contributed by atoms with Gasteiger partial charge in [-0.3, -0.25) is 0 Å². The molecule has 0 radical (unpaired) electrons. The van der Waals surface area contributed by atoms with Crippen LogP contribution < -0.4 is 10.6 Å². The summed E-state index contributed by atoms with van der Waals surface area (Å²) in [6, 6.07) is 20.5. The van der Waals surface area contributed by atoms with E-state index >= 15 is 0 Å². The molecule has 0 amide bonds. The van der Waals surface area contributed by atoms with Gasteiger partial charge in [0, 0.05) is 10.6 Å². The molecule has 3 aromatic carbocycles. The van der Waals surface area contributed by atoms with E-state index in [-0.39, 0.29) is 5.75 Å². The number of hydrogen-bond acceptors (Lipinski definition) is 2. The van der Waals surface area contributed by atoms with Gasteiger partial charge < -0.3 is 9.67 Å². The first kappa shape index (κ1) is 12.0. The number of rotatable bonds is 2. The van der Waals surface area contributed by atoms with Crippen LogP contribution in [0.1, 0.15) is 0 Å². The van der Waals surface area contributed by atoms with Crippen LogP contribution in [0.4, 0.5) is 0 Å². The Bertz CT molecular complexity index is 748. The van der Waals surface area contributed by atoms with Crippen LogP contribution in [0, 0.1) is 0 Å². The fourth-order valence-electron chi connectivity index (χ4n) is 2.11. The van der Waals surface area contributed by atoms with Gasteiger partial charge in [0.15, 0.2) is 0 Å². The van der Waals surface area contributed by atoms with Crippen molar-refractivity contribution >= 4 is 29.2 Å². The number of benzene rings is 3. The largest absolute Gasteiger partial charge is 0.508 e. The highest BCUT2D eigenvalue weighted by molar-refractivity contribution is 7.61. The first-order chi connectivity index (χ1) is 9.24. The van der Waals surface area contributed by atoms with E-state index in [1.807, 2.05) is 42.5 Å². The standard InChI is InChI=1S/C16H13O2P/c17-14-6-9-15(10-7-14)19(18)16-8-5-12-3-1-2-4-13(12)11-16/h1-11,17,19H. The summed E-state index contributed by atoms with van der Waals surface area (Å²) in [7, 11) is -2.01. The van der Waals surface area contributed by atoms with Crippen molar-refractivity contribution < 1.29 is 9.67 Å². The van der Waals surface area contributed by atoms with Gasteiger partial charge in [-0.25, -0.2) is 0 Å². The lowest BCUT2D eigenvalue weighted by molar-refractivity contribution is 0.475. The average molecular weight is 268 g/mol. The first-order valence-electron chi connectivity index (χ1n) is 6.06. The SMILES string of the molecule is O=[PH](c1ccc(O)cc1)c1ccc2ccccc2c1. The van der Waals surface area contributed by atoms with Crippen molar-refractivity contribution in [3.8, 4) is 5.75 Å². The second kappa shape index (κ2) is 4.91. The fourth-order valence-corrected chi connectivity index (χ4v) is 3.43. The maximum absolute atomic E-state index is 12.5. The van der Waals surface area contributed by atoms with E-state index in [9.17, 15) is 9.67 Å². The highest BCUT2D eigenvalue weighted by atomic mass is 31.1. The Hall–Kier alpha value is -2.05. The van der Waals surface area contributed by atoms with Gasteiger partial charge >= 0.3 is 0 Å². The van der Waals surface area contributed by atoms with Crippen LogP contribution in [0.15, 0.2) is 66.7 Å². The van der Waals surface area contributed by atoms with E-state index in [4.69, 9.17) is 0 Å². The molecule has 3 aromatic rings. The van der Waals surface area contributed by atoms with Gasteiger partial charge in [-0.2, -0.15) is 0 Å². The third-order valence-electron chi connectivity index (χ3n) is 3.14. The van der Waals surface area contributed by atoms with Crippen molar-refractivity contribution in [3.63, 3.8) is 0 Å². The molecule has 0 aliphatic rings. The maximum Gasteiger partial charge on any atom is 0.131 e. The zero-order chi connectivity index (χ0) is 13.2. The van der Waals surface area contributed by atoms with Crippen molar-refractivity contribution in [2.75, 3.05) is 0 Å². The van der Waals surface area contributed by atoms with Crippen molar-refractivity contribution in [2.24, 2.45) is 0 Å². The minimum absolute atomic E-state index is 0.192. The Morgan fingerprint density at radius 3 is 2.11 bits per heavy atom. The molecule has 0 aromatic heterocycles. The summed E-state index contributed by atoms with van der Waals surface area (Å²) in [6.07, 6.45) is 0. The van der Waals surface area contributed by atoms with Gasteiger partial charge in [0.1, 0.15) is 13.6 Å². The zero-order valence-electron chi connectivity index (χ0n) is 10.2. The molecule has 0 saturated heterocycles. The molecule has 1 atom stereocenters. The lowest BCUT2D eigenvalue weighted by Gasteiger charge is -2.05. The molecule has 0 aliphatic heterocycles. The monoisotopic (exact) mass is 268 g/mol. The molecule has 3 heteroatoms. The van der Waals surface area contributed by atoms with Crippen LogP contribution in [0.25, 0.3) is 10.8 Å². The number of hydrogen-bond donors (Lipinski definition) is 1. The Morgan fingerprint density at radius 1 is 0.737 bits per heavy atom. The lowest BCUT2D eigenvalue weighted by atomic mass is 10.1. The van der Waals surface area contributed by atoms with E-state index < -0.39 is 7.80 Å². The van der Waals surface area contributed by atoms with Gasteiger partial charge in [-0.05, 0) is 41.1 Å². The topological polar surface area (TPSA) is 37.3 Å². The Labute approximate surface area is 112 Å². The van der Waals surface area contributed by atoms with Crippen molar-refractivity contribution in [1.29, 1.82) is 0 Å². The predicted molar refractivity (Wildman–Crippen MR) is 80.3 cm³/mol. The average Bonchev–Trinajstić information content (AvgIpc) is 2.47. The smallest absolute Gasteiger partial charge is 0.131 e. The van der Waals surface area contributed by atoms with E-state index in [0.29, 0.717) is 0 Å². The molecule has 2 nitrogen and oxygen atoms in total. The molecule has 94 valence electrons. The second-order valence-corrected chi connectivity index (χ2v) is 6.25. The molecule has 1 unspecified atom stereocenters. The van der Waals surface area contributed by atoms with Gasteiger partial charge in [-0.15, -0.1) is 0 Å². The zero-order valence-corrected chi connectivity index (χ0v) is 11.2. The highest BCUT2D eigenvalue weighted by Crippen LogP contribution is 2.23. The van der Waals surface area contributed by atoms with Crippen LogP contribution >= 0.6 is 7.80 Å². The molecule has 3 rings (SSSR count). The van der Waals surface area contributed by atoms with E-state index in [2.05, 4.69) is 0 Å². The normalized spacial score (nSPS) is 12.4. The van der Waals surface area contributed by atoms with E-state index in [1.165, 1.54) is 0 Å². The summed E-state index contributed by atoms with van der Waals surface area (Å²) in [4.78, 5) is 0. The van der Waals surface area contributed by atoms with Gasteiger partial charge in [0.2, 0.25) is 0 Å². The van der Waals surface area contributed by atoms with Crippen LogP contribution in [0.5, 0.6) is 5.75 Å². The van der Waals surface area contributed by atoms with Gasteiger partial charge in [0.05, 0.1) is 0 Å². The van der Waals surface area contributed by atoms with Crippen LogP contribution in [0.2, 0.25) is 0 Å². The first-order valence-corrected chi connectivity index (χ1v) is 7.47. The van der Waals surface area contributed by atoms with Gasteiger partial charge in [0.25, 0.3) is 0 Å². The van der Waals surface area contributed by atoms with Crippen molar-refractivity contribution in [1.82, 2.24) is 0 Å². The van der Waals surface area contributed by atoms with E-state index in [1.54, 1.807) is 24.3 Å². The van der Waals surface area contributed by atoms with Crippen LogP contribution in [0.3, 0.4) is 0 Å². The molecule has 1 N–H and O–H groups in total.